The zero-order valence-electron chi connectivity index (χ0n) is 19.5. The molecule has 35 heavy (non-hydrogen) atoms. The first-order valence-corrected chi connectivity index (χ1v) is 12.5. The highest BCUT2D eigenvalue weighted by Gasteiger charge is 2.70. The first kappa shape index (κ1) is 24.9. The third-order valence-corrected chi connectivity index (χ3v) is 8.85. The SMILES string of the molecule is CC1(C)OC(=O)[C@H]2[C@H](c3cccc(Cl)c3F)[C@@](N)(c3ccc(Cl)cc3F)[C@H](CC3(CO)CCC3)N21. The number of ether oxygens (including phenoxy) is 1. The first-order valence-electron chi connectivity index (χ1n) is 11.8. The molecular weight excluding hydrogens is 497 g/mol. The normalized spacial score (nSPS) is 31.2. The predicted octanol–water partition coefficient (Wildman–Crippen LogP) is 5.11. The summed E-state index contributed by atoms with van der Waals surface area (Å²) in [5.74, 6) is -2.91. The van der Waals surface area contributed by atoms with Crippen molar-refractivity contribution in [1.29, 1.82) is 0 Å². The number of carbonyl (C=O) groups excluding carboxylic acids is 1. The maximum Gasteiger partial charge on any atom is 0.325 e. The van der Waals surface area contributed by atoms with Crippen LogP contribution < -0.4 is 5.73 Å². The standard InChI is InChI=1S/C26H28Cl2F2N2O3/c1-24(2)32-19(12-25(13-33)9-4-10-25)26(31,16-8-7-14(27)11-18(16)29)20(22(32)23(34)35-24)15-5-3-6-17(28)21(15)30/h3,5-8,11,19-20,22,33H,4,9-10,12-13,31H2,1-2H3/t19-,20-,22+,26+/m0/s1. The third kappa shape index (κ3) is 3.62. The van der Waals surface area contributed by atoms with E-state index in [4.69, 9.17) is 33.7 Å². The van der Waals surface area contributed by atoms with Gasteiger partial charge in [-0.25, -0.2) is 13.7 Å². The van der Waals surface area contributed by atoms with E-state index in [1.807, 2.05) is 4.90 Å². The van der Waals surface area contributed by atoms with E-state index in [1.165, 1.54) is 30.3 Å². The molecule has 3 aliphatic rings. The molecule has 0 unspecified atom stereocenters. The van der Waals surface area contributed by atoms with Crippen molar-refractivity contribution >= 4 is 29.2 Å². The van der Waals surface area contributed by atoms with E-state index in [9.17, 15) is 9.90 Å². The number of carbonyl (C=O) groups is 1. The number of hydrogen-bond donors (Lipinski definition) is 2. The van der Waals surface area contributed by atoms with Crippen molar-refractivity contribution in [3.63, 3.8) is 0 Å². The highest BCUT2D eigenvalue weighted by molar-refractivity contribution is 6.31. The van der Waals surface area contributed by atoms with Crippen molar-refractivity contribution < 1.29 is 23.4 Å². The van der Waals surface area contributed by atoms with Gasteiger partial charge in [0.15, 0.2) is 5.72 Å². The van der Waals surface area contributed by atoms with Gasteiger partial charge in [0.2, 0.25) is 0 Å². The van der Waals surface area contributed by atoms with Gasteiger partial charge in [-0.05, 0) is 62.3 Å². The Morgan fingerprint density at radius 2 is 1.91 bits per heavy atom. The van der Waals surface area contributed by atoms with Gasteiger partial charge in [-0.3, -0.25) is 4.79 Å². The molecule has 0 radical (unpaired) electrons. The predicted molar refractivity (Wildman–Crippen MR) is 129 cm³/mol. The lowest BCUT2D eigenvalue weighted by Crippen LogP contribution is -2.58. The average molecular weight is 525 g/mol. The summed E-state index contributed by atoms with van der Waals surface area (Å²) in [4.78, 5) is 15.2. The molecule has 4 atom stereocenters. The van der Waals surface area contributed by atoms with Crippen LogP contribution in [0.5, 0.6) is 0 Å². The van der Waals surface area contributed by atoms with E-state index in [0.29, 0.717) is 6.42 Å². The Kier molecular flexibility index (Phi) is 5.97. The van der Waals surface area contributed by atoms with Crippen LogP contribution in [0, 0.1) is 17.0 Å². The molecule has 5 nitrogen and oxygen atoms in total. The molecule has 3 fully saturated rings. The molecule has 2 aromatic carbocycles. The second-order valence-electron chi connectivity index (χ2n) is 10.6. The second-order valence-corrected chi connectivity index (χ2v) is 11.5. The highest BCUT2D eigenvalue weighted by atomic mass is 35.5. The largest absolute Gasteiger partial charge is 0.443 e. The van der Waals surface area contributed by atoms with Crippen LogP contribution in [0.1, 0.15) is 56.6 Å². The molecule has 5 rings (SSSR count). The molecule has 3 N–H and O–H groups in total. The summed E-state index contributed by atoms with van der Waals surface area (Å²) in [6.45, 7) is 3.44. The van der Waals surface area contributed by atoms with Gasteiger partial charge in [0.05, 0.1) is 10.6 Å². The molecule has 2 aromatic rings. The zero-order valence-corrected chi connectivity index (χ0v) is 21.0. The Morgan fingerprint density at radius 3 is 2.51 bits per heavy atom. The fourth-order valence-electron chi connectivity index (χ4n) is 6.53. The maximum atomic E-state index is 15.6. The molecule has 1 aliphatic carbocycles. The molecule has 0 amide bonds. The van der Waals surface area contributed by atoms with Crippen molar-refractivity contribution in [2.75, 3.05) is 6.61 Å². The monoisotopic (exact) mass is 524 g/mol. The Balaban J connectivity index is 1.80. The summed E-state index contributed by atoms with van der Waals surface area (Å²) in [6, 6.07) is 7.13. The molecule has 0 aromatic heterocycles. The van der Waals surface area contributed by atoms with Gasteiger partial charge in [0, 0.05) is 29.2 Å². The second kappa shape index (κ2) is 8.38. The van der Waals surface area contributed by atoms with Crippen molar-refractivity contribution in [3.05, 3.63) is 69.2 Å². The summed E-state index contributed by atoms with van der Waals surface area (Å²) < 4.78 is 36.9. The molecule has 2 saturated heterocycles. The maximum absolute atomic E-state index is 15.6. The highest BCUT2D eigenvalue weighted by Crippen LogP contribution is 2.60. The number of nitrogens with two attached hydrogens (primary N) is 1. The number of rotatable bonds is 5. The fraction of sp³-hybridized carbons (Fsp3) is 0.500. The van der Waals surface area contributed by atoms with E-state index in [2.05, 4.69) is 0 Å². The average Bonchev–Trinajstić information content (AvgIpc) is 3.15. The van der Waals surface area contributed by atoms with Crippen LogP contribution in [0.25, 0.3) is 0 Å². The number of nitrogens with zero attached hydrogens (tertiary/aromatic N) is 1. The Bertz CT molecular complexity index is 1180. The number of cyclic esters (lactones) is 1. The van der Waals surface area contributed by atoms with Crippen molar-refractivity contribution in [1.82, 2.24) is 4.90 Å². The summed E-state index contributed by atoms with van der Waals surface area (Å²) in [5, 5.41) is 10.4. The molecular formula is C26H28Cl2F2N2O3. The number of hydrogen-bond acceptors (Lipinski definition) is 5. The van der Waals surface area contributed by atoms with E-state index < -0.39 is 52.3 Å². The van der Waals surface area contributed by atoms with E-state index in [-0.39, 0.29) is 27.8 Å². The van der Waals surface area contributed by atoms with Crippen LogP contribution in [0.2, 0.25) is 10.0 Å². The van der Waals surface area contributed by atoms with Crippen molar-refractivity contribution in [3.8, 4) is 0 Å². The number of esters is 1. The van der Waals surface area contributed by atoms with Crippen molar-refractivity contribution in [2.45, 2.75) is 68.8 Å². The van der Waals surface area contributed by atoms with Gasteiger partial charge in [0.1, 0.15) is 17.7 Å². The van der Waals surface area contributed by atoms with Crippen LogP contribution in [-0.2, 0) is 15.1 Å². The Morgan fingerprint density at radius 1 is 1.20 bits per heavy atom. The van der Waals surface area contributed by atoms with Crippen LogP contribution in [0.4, 0.5) is 8.78 Å². The van der Waals surface area contributed by atoms with Crippen LogP contribution in [0.15, 0.2) is 36.4 Å². The number of aliphatic hydroxyl groups excluding tert-OH is 1. The topological polar surface area (TPSA) is 75.8 Å². The van der Waals surface area contributed by atoms with Crippen molar-refractivity contribution in [2.24, 2.45) is 11.1 Å². The first-order chi connectivity index (χ1) is 16.4. The Labute approximate surface area is 213 Å². The van der Waals surface area contributed by atoms with Gasteiger partial charge in [-0.1, -0.05) is 47.8 Å². The molecule has 0 bridgehead atoms. The smallest absolute Gasteiger partial charge is 0.325 e. The van der Waals surface area contributed by atoms with Gasteiger partial charge in [-0.15, -0.1) is 0 Å². The summed E-state index contributed by atoms with van der Waals surface area (Å²) in [5.41, 5.74) is 4.45. The summed E-state index contributed by atoms with van der Waals surface area (Å²) in [6.07, 6.45) is 2.90. The summed E-state index contributed by atoms with van der Waals surface area (Å²) in [7, 11) is 0. The lowest BCUT2D eigenvalue weighted by molar-refractivity contribution is -0.153. The van der Waals surface area contributed by atoms with E-state index >= 15 is 8.78 Å². The van der Waals surface area contributed by atoms with Gasteiger partial charge >= 0.3 is 5.97 Å². The molecule has 9 heteroatoms. The lowest BCUT2D eigenvalue weighted by atomic mass is 9.61. The number of halogens is 4. The summed E-state index contributed by atoms with van der Waals surface area (Å²) >= 11 is 12.2. The minimum Gasteiger partial charge on any atom is -0.443 e. The van der Waals surface area contributed by atoms with Gasteiger partial charge < -0.3 is 15.6 Å². The van der Waals surface area contributed by atoms with Crippen LogP contribution in [0.3, 0.4) is 0 Å². The molecule has 1 saturated carbocycles. The molecule has 188 valence electrons. The van der Waals surface area contributed by atoms with Crippen LogP contribution >= 0.6 is 23.2 Å². The lowest BCUT2D eigenvalue weighted by Gasteiger charge is -2.49. The van der Waals surface area contributed by atoms with Gasteiger partial charge in [0.25, 0.3) is 0 Å². The molecule has 0 spiro atoms. The zero-order chi connectivity index (χ0) is 25.3. The minimum absolute atomic E-state index is 0.0629. The number of fused-ring (bicyclic) bond motifs is 1. The Hall–Kier alpha value is -1.77. The van der Waals surface area contributed by atoms with E-state index in [1.54, 1.807) is 19.9 Å². The molecule has 2 aliphatic heterocycles. The number of benzene rings is 2. The molecule has 2 heterocycles. The number of aliphatic hydroxyl groups is 1. The quantitative estimate of drug-likeness (QED) is 0.531. The van der Waals surface area contributed by atoms with Crippen LogP contribution in [-0.4, -0.2) is 40.4 Å². The van der Waals surface area contributed by atoms with Gasteiger partial charge in [-0.2, -0.15) is 0 Å². The third-order valence-electron chi connectivity index (χ3n) is 8.32. The van der Waals surface area contributed by atoms with E-state index in [0.717, 1.165) is 19.3 Å². The fourth-order valence-corrected chi connectivity index (χ4v) is 6.87. The minimum atomic E-state index is -1.56.